The summed E-state index contributed by atoms with van der Waals surface area (Å²) in [7, 11) is -2.71. The first-order valence-electron chi connectivity index (χ1n) is 12.5. The molecule has 3 aromatic rings. The Morgan fingerprint density at radius 3 is 2.08 bits per heavy atom. The highest BCUT2D eigenvalue weighted by Gasteiger charge is 2.33. The lowest BCUT2D eigenvalue weighted by atomic mass is 10.1. The molecule has 0 aliphatic heterocycles. The molecule has 0 saturated heterocycles. The summed E-state index contributed by atoms with van der Waals surface area (Å²) in [6, 6.07) is 18.5. The predicted molar refractivity (Wildman–Crippen MR) is 161 cm³/mol. The molecule has 3 rings (SSSR count). The van der Waals surface area contributed by atoms with E-state index in [-0.39, 0.29) is 23.0 Å². The van der Waals surface area contributed by atoms with E-state index in [1.165, 1.54) is 48.4 Å². The predicted octanol–water partition coefficient (Wildman–Crippen LogP) is 5.64. The number of benzene rings is 3. The van der Waals surface area contributed by atoms with Crippen LogP contribution in [0.2, 0.25) is 5.02 Å². The molecule has 0 heterocycles. The Balaban J connectivity index is 2.03. The maximum atomic E-state index is 13.9. The third-order valence-electron chi connectivity index (χ3n) is 5.97. The molecule has 2 amide bonds. The number of nitrogens with one attached hydrogen (secondary N) is 1. The zero-order valence-electron chi connectivity index (χ0n) is 23.0. The molecule has 11 heteroatoms. The van der Waals surface area contributed by atoms with Crippen molar-refractivity contribution in [3.8, 4) is 5.75 Å². The monoisotopic (exact) mass is 649 g/mol. The van der Waals surface area contributed by atoms with Gasteiger partial charge in [-0.2, -0.15) is 0 Å². The van der Waals surface area contributed by atoms with E-state index in [2.05, 4.69) is 21.2 Å². The molecule has 214 valence electrons. The number of hydrogen-bond acceptors (Lipinski definition) is 5. The third kappa shape index (κ3) is 8.22. The van der Waals surface area contributed by atoms with Crippen molar-refractivity contribution in [2.75, 3.05) is 18.0 Å². The van der Waals surface area contributed by atoms with E-state index < -0.39 is 34.1 Å². The summed E-state index contributed by atoms with van der Waals surface area (Å²) in [6.07, 6.45) is 0. The van der Waals surface area contributed by atoms with Crippen LogP contribution in [0.5, 0.6) is 5.75 Å². The Bertz CT molecular complexity index is 1420. The molecule has 0 radical (unpaired) electrons. The van der Waals surface area contributed by atoms with E-state index in [0.29, 0.717) is 10.8 Å². The normalized spacial score (nSPS) is 12.4. The van der Waals surface area contributed by atoms with Gasteiger partial charge in [0.25, 0.3) is 10.0 Å². The van der Waals surface area contributed by atoms with Crippen LogP contribution in [0, 0.1) is 0 Å². The van der Waals surface area contributed by atoms with Gasteiger partial charge in [-0.15, -0.1) is 0 Å². The van der Waals surface area contributed by atoms with Gasteiger partial charge in [0.2, 0.25) is 11.8 Å². The van der Waals surface area contributed by atoms with Gasteiger partial charge < -0.3 is 15.0 Å². The number of rotatable bonds is 10. The third-order valence-corrected chi connectivity index (χ3v) is 8.54. The van der Waals surface area contributed by atoms with Crippen molar-refractivity contribution >= 4 is 55.1 Å². The highest BCUT2D eigenvalue weighted by molar-refractivity contribution is 9.10. The summed E-state index contributed by atoms with van der Waals surface area (Å²) < 4.78 is 34.8. The zero-order chi connectivity index (χ0) is 29.7. The van der Waals surface area contributed by atoms with Crippen LogP contribution < -0.4 is 14.4 Å². The first-order valence-corrected chi connectivity index (χ1v) is 15.1. The molecule has 8 nitrogen and oxygen atoms in total. The van der Waals surface area contributed by atoms with Crippen LogP contribution in [0.1, 0.15) is 33.3 Å². The first-order chi connectivity index (χ1) is 18.7. The number of carbonyl (C=O) groups excluding carboxylic acids is 2. The quantitative estimate of drug-likeness (QED) is 0.307. The fourth-order valence-electron chi connectivity index (χ4n) is 3.85. The molecular weight excluding hydrogens is 618 g/mol. The van der Waals surface area contributed by atoms with Crippen molar-refractivity contribution in [3.05, 3.63) is 87.9 Å². The largest absolute Gasteiger partial charge is 0.497 e. The van der Waals surface area contributed by atoms with Gasteiger partial charge in [0.1, 0.15) is 18.3 Å². The molecular formula is C29H33BrClN3O5S. The maximum absolute atomic E-state index is 13.9. The van der Waals surface area contributed by atoms with Crippen LogP contribution in [0.4, 0.5) is 5.69 Å². The average molecular weight is 651 g/mol. The molecule has 1 N–H and O–H groups in total. The maximum Gasteiger partial charge on any atom is 0.264 e. The van der Waals surface area contributed by atoms with Crippen molar-refractivity contribution in [2.45, 2.75) is 50.7 Å². The molecule has 0 bridgehead atoms. The molecule has 0 aliphatic carbocycles. The second-order valence-corrected chi connectivity index (χ2v) is 13.4. The summed E-state index contributed by atoms with van der Waals surface area (Å²) in [6.45, 7) is 6.73. The van der Waals surface area contributed by atoms with Gasteiger partial charge in [0, 0.05) is 21.6 Å². The van der Waals surface area contributed by atoms with Gasteiger partial charge in [0.05, 0.1) is 17.7 Å². The van der Waals surface area contributed by atoms with E-state index in [0.717, 1.165) is 14.3 Å². The number of halogens is 2. The van der Waals surface area contributed by atoms with Crippen LogP contribution in [-0.4, -0.2) is 50.4 Å². The molecule has 0 fully saturated rings. The van der Waals surface area contributed by atoms with E-state index in [4.69, 9.17) is 16.3 Å². The van der Waals surface area contributed by atoms with Gasteiger partial charge in [0.15, 0.2) is 0 Å². The van der Waals surface area contributed by atoms with Crippen molar-refractivity contribution in [1.29, 1.82) is 0 Å². The lowest BCUT2D eigenvalue weighted by Gasteiger charge is -2.33. The van der Waals surface area contributed by atoms with Gasteiger partial charge >= 0.3 is 0 Å². The highest BCUT2D eigenvalue weighted by atomic mass is 79.9. The molecule has 3 aromatic carbocycles. The van der Waals surface area contributed by atoms with Gasteiger partial charge in [-0.05, 0) is 93.9 Å². The second-order valence-electron chi connectivity index (χ2n) is 10.2. The summed E-state index contributed by atoms with van der Waals surface area (Å²) in [5.74, 6) is -0.409. The second kappa shape index (κ2) is 13.1. The lowest BCUT2D eigenvalue weighted by molar-refractivity contribution is -0.140. The Hall–Kier alpha value is -3.08. The van der Waals surface area contributed by atoms with Crippen molar-refractivity contribution in [1.82, 2.24) is 10.2 Å². The number of methoxy groups -OCH3 is 1. The molecule has 1 atom stereocenters. The fraction of sp³-hybridized carbons (Fsp3) is 0.310. The Labute approximate surface area is 249 Å². The summed E-state index contributed by atoms with van der Waals surface area (Å²) in [4.78, 5) is 28.5. The van der Waals surface area contributed by atoms with Gasteiger partial charge in [-0.1, -0.05) is 39.7 Å². The van der Waals surface area contributed by atoms with Crippen LogP contribution in [-0.2, 0) is 26.2 Å². The van der Waals surface area contributed by atoms with E-state index in [1.54, 1.807) is 19.1 Å². The SMILES string of the molecule is COc1ccc(S(=O)(=O)N(CC(=O)N(Cc2ccc(Br)cc2)[C@@H](C)C(=O)NC(C)(C)C)c2ccc(Cl)cc2)cc1. The minimum absolute atomic E-state index is 0.0194. The molecule has 0 aromatic heterocycles. The Kier molecular flexibility index (Phi) is 10.3. The summed E-state index contributed by atoms with van der Waals surface area (Å²) in [5.41, 5.74) is 0.511. The Morgan fingerprint density at radius 2 is 1.55 bits per heavy atom. The summed E-state index contributed by atoms with van der Waals surface area (Å²) in [5, 5.41) is 3.33. The molecule has 0 saturated carbocycles. The number of carbonyl (C=O) groups is 2. The summed E-state index contributed by atoms with van der Waals surface area (Å²) >= 11 is 9.47. The van der Waals surface area contributed by atoms with E-state index >= 15 is 0 Å². The standard InChI is InChI=1S/C29H33BrClN3O5S/c1-20(28(36)32-29(2,3)4)33(18-21-6-8-22(30)9-7-21)27(35)19-34(24-12-10-23(31)11-13-24)40(37,38)26-16-14-25(39-5)15-17-26/h6-17,20H,18-19H2,1-5H3,(H,32,36)/t20-/m0/s1. The molecule has 40 heavy (non-hydrogen) atoms. The van der Waals surface area contributed by atoms with Crippen LogP contribution in [0.15, 0.2) is 82.2 Å². The van der Waals surface area contributed by atoms with Crippen LogP contribution in [0.3, 0.4) is 0 Å². The van der Waals surface area contributed by atoms with E-state index in [9.17, 15) is 18.0 Å². The molecule has 0 spiro atoms. The van der Waals surface area contributed by atoms with Crippen molar-refractivity contribution in [2.24, 2.45) is 0 Å². The Morgan fingerprint density at radius 1 is 0.975 bits per heavy atom. The molecule has 0 aliphatic rings. The minimum Gasteiger partial charge on any atom is -0.497 e. The highest BCUT2D eigenvalue weighted by Crippen LogP contribution is 2.27. The van der Waals surface area contributed by atoms with Gasteiger partial charge in [-0.25, -0.2) is 8.42 Å². The topological polar surface area (TPSA) is 96.0 Å². The fourth-order valence-corrected chi connectivity index (χ4v) is 5.66. The number of ether oxygens (including phenoxy) is 1. The lowest BCUT2D eigenvalue weighted by Crippen LogP contribution is -2.54. The zero-order valence-corrected chi connectivity index (χ0v) is 26.2. The number of hydrogen-bond donors (Lipinski definition) is 1. The van der Waals surface area contributed by atoms with Gasteiger partial charge in [-0.3, -0.25) is 13.9 Å². The minimum atomic E-state index is -4.19. The van der Waals surface area contributed by atoms with Crippen molar-refractivity contribution in [3.63, 3.8) is 0 Å². The van der Waals surface area contributed by atoms with Crippen LogP contribution in [0.25, 0.3) is 0 Å². The number of sulfonamides is 1. The molecule has 0 unspecified atom stereocenters. The average Bonchev–Trinajstić information content (AvgIpc) is 2.90. The first kappa shape index (κ1) is 31.4. The smallest absolute Gasteiger partial charge is 0.264 e. The number of amides is 2. The van der Waals surface area contributed by atoms with E-state index in [1.807, 2.05) is 45.0 Å². The van der Waals surface area contributed by atoms with Crippen molar-refractivity contribution < 1.29 is 22.7 Å². The number of nitrogens with zero attached hydrogens (tertiary/aromatic N) is 2. The number of anilines is 1. The van der Waals surface area contributed by atoms with Crippen LogP contribution >= 0.6 is 27.5 Å².